The summed E-state index contributed by atoms with van der Waals surface area (Å²) < 4.78 is 4.87. The molecule has 0 atom stereocenters. The van der Waals surface area contributed by atoms with Crippen LogP contribution in [0, 0.1) is 11.8 Å². The van der Waals surface area contributed by atoms with E-state index in [4.69, 9.17) is 4.74 Å². The van der Waals surface area contributed by atoms with Crippen LogP contribution in [-0.2, 0) is 9.53 Å². The van der Waals surface area contributed by atoms with E-state index in [1.54, 1.807) is 0 Å². The van der Waals surface area contributed by atoms with E-state index < -0.39 is 0 Å². The topological polar surface area (TPSA) is 26.3 Å². The van der Waals surface area contributed by atoms with Crippen molar-refractivity contribution in [3.63, 3.8) is 0 Å². The molecular formula is C16H26O2. The number of esters is 1. The van der Waals surface area contributed by atoms with Gasteiger partial charge in [0.1, 0.15) is 0 Å². The van der Waals surface area contributed by atoms with Crippen LogP contribution in [-0.4, -0.2) is 12.6 Å². The number of rotatable bonds is 9. The Morgan fingerprint density at radius 2 is 1.78 bits per heavy atom. The summed E-state index contributed by atoms with van der Waals surface area (Å²) in [4.78, 5) is 10.5. The van der Waals surface area contributed by atoms with Crippen LogP contribution in [0.2, 0.25) is 0 Å². The first-order chi connectivity index (χ1) is 8.77. The predicted octanol–water partition coefficient (Wildman–Crippen LogP) is 4.25. The highest BCUT2D eigenvalue weighted by Gasteiger charge is 1.93. The highest BCUT2D eigenvalue weighted by atomic mass is 16.5. The normalized spacial score (nSPS) is 10.1. The van der Waals surface area contributed by atoms with Crippen LogP contribution in [0.5, 0.6) is 0 Å². The minimum absolute atomic E-state index is 0.175. The molecule has 0 bridgehead atoms. The number of carbonyl (C=O) groups is 1. The highest BCUT2D eigenvalue weighted by molar-refractivity contribution is 5.65. The standard InChI is InChI=1S/C16H26O2/c1-3-4-5-6-7-8-9-10-11-12-13-14-15-18-16(2)17/h4-5H,3,8-15H2,1-2H3. The molecule has 0 amide bonds. The molecule has 0 heterocycles. The lowest BCUT2D eigenvalue weighted by molar-refractivity contribution is -0.141. The van der Waals surface area contributed by atoms with Crippen LogP contribution in [0.3, 0.4) is 0 Å². The summed E-state index contributed by atoms with van der Waals surface area (Å²) in [6, 6.07) is 0. The Labute approximate surface area is 112 Å². The van der Waals surface area contributed by atoms with Crippen LogP contribution >= 0.6 is 0 Å². The zero-order valence-electron chi connectivity index (χ0n) is 11.8. The zero-order valence-corrected chi connectivity index (χ0v) is 11.8. The molecule has 2 nitrogen and oxygen atoms in total. The number of hydrogen-bond donors (Lipinski definition) is 0. The number of unbranched alkanes of at least 4 members (excludes halogenated alkanes) is 6. The van der Waals surface area contributed by atoms with Crippen molar-refractivity contribution < 1.29 is 9.53 Å². The molecule has 0 unspecified atom stereocenters. The molecular weight excluding hydrogens is 224 g/mol. The lowest BCUT2D eigenvalue weighted by atomic mass is 10.1. The lowest BCUT2D eigenvalue weighted by Crippen LogP contribution is -1.99. The van der Waals surface area contributed by atoms with Gasteiger partial charge in [-0.15, -0.1) is 0 Å². The average Bonchev–Trinajstić information content (AvgIpc) is 2.34. The summed E-state index contributed by atoms with van der Waals surface area (Å²) in [7, 11) is 0. The lowest BCUT2D eigenvalue weighted by Gasteiger charge is -2.01. The van der Waals surface area contributed by atoms with E-state index in [-0.39, 0.29) is 5.97 Å². The summed E-state index contributed by atoms with van der Waals surface area (Å²) in [5.41, 5.74) is 0. The number of carbonyl (C=O) groups excluding carboxylic acids is 1. The molecule has 0 N–H and O–H groups in total. The number of allylic oxidation sites excluding steroid dienone is 2. The molecule has 0 aliphatic heterocycles. The van der Waals surface area contributed by atoms with E-state index in [1.165, 1.54) is 32.6 Å². The Hall–Kier alpha value is -1.23. The van der Waals surface area contributed by atoms with Gasteiger partial charge in [-0.2, -0.15) is 0 Å². The summed E-state index contributed by atoms with van der Waals surface area (Å²) in [6.45, 7) is 4.14. The van der Waals surface area contributed by atoms with Crippen LogP contribution in [0.4, 0.5) is 0 Å². The van der Waals surface area contributed by atoms with E-state index >= 15 is 0 Å². The molecule has 102 valence electrons. The van der Waals surface area contributed by atoms with Gasteiger partial charge in [-0.05, 0) is 25.3 Å². The third-order valence-electron chi connectivity index (χ3n) is 2.54. The van der Waals surface area contributed by atoms with Crippen molar-refractivity contribution in [2.45, 2.75) is 65.2 Å². The minimum atomic E-state index is -0.175. The van der Waals surface area contributed by atoms with Gasteiger partial charge in [0.15, 0.2) is 0 Å². The molecule has 2 heteroatoms. The van der Waals surface area contributed by atoms with Crippen molar-refractivity contribution >= 4 is 5.97 Å². The van der Waals surface area contributed by atoms with Gasteiger partial charge >= 0.3 is 5.97 Å². The van der Waals surface area contributed by atoms with Gasteiger partial charge in [0.05, 0.1) is 6.61 Å². The largest absolute Gasteiger partial charge is 0.466 e. The fourth-order valence-corrected chi connectivity index (χ4v) is 1.55. The SMILES string of the molecule is CCC=CC#CCCCCCCCCOC(C)=O. The third kappa shape index (κ3) is 14.8. The van der Waals surface area contributed by atoms with Gasteiger partial charge in [-0.1, -0.05) is 50.5 Å². The molecule has 0 aliphatic carbocycles. The maximum Gasteiger partial charge on any atom is 0.302 e. The van der Waals surface area contributed by atoms with E-state index in [2.05, 4.69) is 24.8 Å². The molecule has 0 rings (SSSR count). The van der Waals surface area contributed by atoms with Gasteiger partial charge < -0.3 is 4.74 Å². The van der Waals surface area contributed by atoms with E-state index in [0.717, 1.165) is 25.7 Å². The molecule has 0 saturated carbocycles. The molecule has 0 aromatic carbocycles. The fourth-order valence-electron chi connectivity index (χ4n) is 1.55. The Morgan fingerprint density at radius 1 is 1.11 bits per heavy atom. The molecule has 0 aromatic heterocycles. The summed E-state index contributed by atoms with van der Waals surface area (Å²) >= 11 is 0. The van der Waals surface area contributed by atoms with E-state index in [0.29, 0.717) is 6.61 Å². The molecule has 0 aromatic rings. The Morgan fingerprint density at radius 3 is 2.44 bits per heavy atom. The minimum Gasteiger partial charge on any atom is -0.466 e. The Balaban J connectivity index is 3.13. The molecule has 0 spiro atoms. The van der Waals surface area contributed by atoms with Crippen molar-refractivity contribution in [2.75, 3.05) is 6.61 Å². The van der Waals surface area contributed by atoms with Crippen LogP contribution < -0.4 is 0 Å². The third-order valence-corrected chi connectivity index (χ3v) is 2.54. The number of hydrogen-bond acceptors (Lipinski definition) is 2. The predicted molar refractivity (Wildman–Crippen MR) is 76.2 cm³/mol. The van der Waals surface area contributed by atoms with Crippen molar-refractivity contribution in [3.8, 4) is 11.8 Å². The molecule has 0 radical (unpaired) electrons. The smallest absolute Gasteiger partial charge is 0.302 e. The second kappa shape index (κ2) is 13.8. The maximum absolute atomic E-state index is 10.5. The first-order valence-corrected chi connectivity index (χ1v) is 7.04. The summed E-state index contributed by atoms with van der Waals surface area (Å²) in [5, 5.41) is 0. The zero-order chi connectivity index (χ0) is 13.5. The monoisotopic (exact) mass is 250 g/mol. The molecule has 18 heavy (non-hydrogen) atoms. The van der Waals surface area contributed by atoms with E-state index in [9.17, 15) is 4.79 Å². The second-order valence-corrected chi connectivity index (χ2v) is 4.34. The van der Waals surface area contributed by atoms with Crippen LogP contribution in [0.25, 0.3) is 0 Å². The molecule has 0 aliphatic rings. The quantitative estimate of drug-likeness (QED) is 0.347. The first-order valence-electron chi connectivity index (χ1n) is 7.04. The Kier molecular flexibility index (Phi) is 12.9. The van der Waals surface area contributed by atoms with Gasteiger partial charge in [0.25, 0.3) is 0 Å². The van der Waals surface area contributed by atoms with Crippen molar-refractivity contribution in [1.82, 2.24) is 0 Å². The van der Waals surface area contributed by atoms with Gasteiger partial charge in [0.2, 0.25) is 0 Å². The fraction of sp³-hybridized carbons (Fsp3) is 0.688. The maximum atomic E-state index is 10.5. The Bertz CT molecular complexity index is 281. The van der Waals surface area contributed by atoms with Crippen LogP contribution in [0.1, 0.15) is 65.2 Å². The number of ether oxygens (including phenoxy) is 1. The van der Waals surface area contributed by atoms with Crippen molar-refractivity contribution in [2.24, 2.45) is 0 Å². The van der Waals surface area contributed by atoms with Gasteiger partial charge in [-0.3, -0.25) is 4.79 Å². The van der Waals surface area contributed by atoms with Crippen LogP contribution in [0.15, 0.2) is 12.2 Å². The van der Waals surface area contributed by atoms with Crippen molar-refractivity contribution in [3.05, 3.63) is 12.2 Å². The highest BCUT2D eigenvalue weighted by Crippen LogP contribution is 2.06. The van der Waals surface area contributed by atoms with Gasteiger partial charge in [-0.25, -0.2) is 0 Å². The average molecular weight is 250 g/mol. The summed E-state index contributed by atoms with van der Waals surface area (Å²) in [6.07, 6.45) is 13.1. The van der Waals surface area contributed by atoms with E-state index in [1.807, 2.05) is 6.08 Å². The second-order valence-electron chi connectivity index (χ2n) is 4.34. The van der Waals surface area contributed by atoms with Crippen molar-refractivity contribution in [1.29, 1.82) is 0 Å². The van der Waals surface area contributed by atoms with Gasteiger partial charge in [0, 0.05) is 13.3 Å². The molecule has 0 saturated heterocycles. The molecule has 0 fully saturated rings. The first kappa shape index (κ1) is 16.8. The summed E-state index contributed by atoms with van der Waals surface area (Å²) in [5.74, 6) is 6.01.